The van der Waals surface area contributed by atoms with E-state index < -0.39 is 21.7 Å². The van der Waals surface area contributed by atoms with Crippen molar-refractivity contribution in [2.75, 3.05) is 18.4 Å². The Morgan fingerprint density at radius 1 is 1.30 bits per heavy atom. The van der Waals surface area contributed by atoms with E-state index >= 15 is 0 Å². The van der Waals surface area contributed by atoms with Crippen LogP contribution in [0.2, 0.25) is 5.02 Å². The normalized spacial score (nSPS) is 11.9. The van der Waals surface area contributed by atoms with Gasteiger partial charge in [-0.25, -0.2) is 18.4 Å². The molecule has 0 saturated carbocycles. The first-order valence-corrected chi connectivity index (χ1v) is 8.94. The van der Waals surface area contributed by atoms with E-state index in [0.717, 1.165) is 0 Å². The van der Waals surface area contributed by atoms with Crippen molar-refractivity contribution in [3.05, 3.63) is 23.2 Å². The maximum atomic E-state index is 11.4. The van der Waals surface area contributed by atoms with Crippen molar-refractivity contribution < 1.29 is 17.9 Å². The van der Waals surface area contributed by atoms with Gasteiger partial charge in [0.1, 0.15) is 5.60 Å². The predicted octanol–water partition coefficient (Wildman–Crippen LogP) is 2.31. The number of anilines is 1. The molecular weight excluding hydrogens is 342 g/mol. The lowest BCUT2D eigenvalue weighted by atomic mass is 10.2. The van der Waals surface area contributed by atoms with Crippen LogP contribution in [0.5, 0.6) is 0 Å². The van der Waals surface area contributed by atoms with Crippen molar-refractivity contribution in [1.29, 1.82) is 0 Å². The molecule has 0 aliphatic carbocycles. The van der Waals surface area contributed by atoms with Gasteiger partial charge in [-0.3, -0.25) is 0 Å². The molecule has 130 valence electrons. The summed E-state index contributed by atoms with van der Waals surface area (Å²) >= 11 is 5.99. The number of alkyl carbamates (subject to hydrolysis) is 1. The molecule has 1 rings (SSSR count). The average Bonchev–Trinajstić information content (AvgIpc) is 2.36. The third-order valence-electron chi connectivity index (χ3n) is 2.60. The van der Waals surface area contributed by atoms with Gasteiger partial charge >= 0.3 is 6.09 Å². The molecule has 1 aromatic carbocycles. The molecule has 0 aromatic heterocycles. The minimum atomic E-state index is -3.78. The molecule has 1 aromatic rings. The van der Waals surface area contributed by atoms with Crippen molar-refractivity contribution >= 4 is 33.4 Å². The van der Waals surface area contributed by atoms with Gasteiger partial charge in [0, 0.05) is 13.1 Å². The van der Waals surface area contributed by atoms with Gasteiger partial charge in [0.05, 0.1) is 15.6 Å². The third-order valence-corrected chi connectivity index (χ3v) is 3.84. The molecule has 9 heteroatoms. The van der Waals surface area contributed by atoms with Crippen molar-refractivity contribution in [2.45, 2.75) is 37.7 Å². The van der Waals surface area contributed by atoms with Gasteiger partial charge in [0.2, 0.25) is 10.0 Å². The zero-order valence-corrected chi connectivity index (χ0v) is 14.9. The van der Waals surface area contributed by atoms with Crippen LogP contribution < -0.4 is 15.8 Å². The highest BCUT2D eigenvalue weighted by molar-refractivity contribution is 7.89. The average molecular weight is 364 g/mol. The number of halogens is 1. The molecule has 0 heterocycles. The Hall–Kier alpha value is -1.51. The van der Waals surface area contributed by atoms with Gasteiger partial charge in [-0.15, -0.1) is 0 Å². The summed E-state index contributed by atoms with van der Waals surface area (Å²) in [5.74, 6) is 0. The van der Waals surface area contributed by atoms with Crippen molar-refractivity contribution in [3.8, 4) is 0 Å². The number of hydrogen-bond acceptors (Lipinski definition) is 5. The van der Waals surface area contributed by atoms with Crippen LogP contribution in [0.25, 0.3) is 0 Å². The van der Waals surface area contributed by atoms with Crippen LogP contribution in [-0.4, -0.2) is 33.2 Å². The first kappa shape index (κ1) is 19.5. The number of hydrogen-bond donors (Lipinski definition) is 3. The number of ether oxygens (including phenoxy) is 1. The van der Waals surface area contributed by atoms with E-state index in [4.69, 9.17) is 21.5 Å². The second-order valence-electron chi connectivity index (χ2n) is 5.90. The number of sulfonamides is 1. The van der Waals surface area contributed by atoms with E-state index in [1.807, 2.05) is 0 Å². The molecule has 1 amide bonds. The van der Waals surface area contributed by atoms with Crippen LogP contribution in [0.15, 0.2) is 23.1 Å². The van der Waals surface area contributed by atoms with Gasteiger partial charge < -0.3 is 15.4 Å². The number of carbonyl (C=O) groups excluding carboxylic acids is 1. The lowest BCUT2D eigenvalue weighted by Gasteiger charge is -2.19. The molecule has 0 radical (unpaired) electrons. The summed E-state index contributed by atoms with van der Waals surface area (Å²) in [6.45, 7) is 6.26. The van der Waals surface area contributed by atoms with Crippen LogP contribution in [0.4, 0.5) is 10.5 Å². The molecule has 23 heavy (non-hydrogen) atoms. The molecule has 7 nitrogen and oxygen atoms in total. The molecule has 0 saturated heterocycles. The monoisotopic (exact) mass is 363 g/mol. The Bertz CT molecular complexity index is 656. The largest absolute Gasteiger partial charge is 0.444 e. The Labute approximate surface area is 141 Å². The van der Waals surface area contributed by atoms with Gasteiger partial charge in [-0.2, -0.15) is 0 Å². The zero-order chi connectivity index (χ0) is 17.7. The fourth-order valence-corrected chi connectivity index (χ4v) is 2.36. The number of carbonyl (C=O) groups is 1. The molecule has 0 fully saturated rings. The Morgan fingerprint density at radius 3 is 2.52 bits per heavy atom. The quantitative estimate of drug-likeness (QED) is 0.671. The van der Waals surface area contributed by atoms with Crippen LogP contribution >= 0.6 is 11.6 Å². The molecule has 0 aliphatic heterocycles. The van der Waals surface area contributed by atoms with E-state index in [-0.39, 0.29) is 4.90 Å². The maximum absolute atomic E-state index is 11.4. The summed E-state index contributed by atoms with van der Waals surface area (Å²) in [4.78, 5) is 11.4. The number of benzene rings is 1. The molecule has 0 spiro atoms. The van der Waals surface area contributed by atoms with Crippen molar-refractivity contribution in [3.63, 3.8) is 0 Å². The summed E-state index contributed by atoms with van der Waals surface area (Å²) in [7, 11) is -3.78. The SMILES string of the molecule is CC(C)(C)OC(=O)NCCCNc1cc(S(N)(=O)=O)ccc1Cl. The smallest absolute Gasteiger partial charge is 0.407 e. The van der Waals surface area contributed by atoms with Crippen LogP contribution in [0.3, 0.4) is 0 Å². The highest BCUT2D eigenvalue weighted by Gasteiger charge is 2.15. The fourth-order valence-electron chi connectivity index (χ4n) is 1.63. The number of rotatable bonds is 6. The van der Waals surface area contributed by atoms with E-state index in [0.29, 0.717) is 30.2 Å². The molecule has 0 aliphatic rings. The number of amides is 1. The lowest BCUT2D eigenvalue weighted by molar-refractivity contribution is 0.0528. The van der Waals surface area contributed by atoms with Crippen LogP contribution in [0.1, 0.15) is 27.2 Å². The summed E-state index contributed by atoms with van der Waals surface area (Å²) in [5.41, 5.74) is -0.0697. The minimum Gasteiger partial charge on any atom is -0.444 e. The van der Waals surface area contributed by atoms with Crippen LogP contribution in [0, 0.1) is 0 Å². The Kier molecular flexibility index (Phi) is 6.67. The highest BCUT2D eigenvalue weighted by atomic mass is 35.5. The summed E-state index contributed by atoms with van der Waals surface area (Å²) in [5, 5.41) is 11.1. The number of nitrogens with two attached hydrogens (primary N) is 1. The maximum Gasteiger partial charge on any atom is 0.407 e. The Balaban J connectivity index is 2.43. The lowest BCUT2D eigenvalue weighted by Crippen LogP contribution is -2.33. The first-order valence-electron chi connectivity index (χ1n) is 7.02. The molecule has 4 N–H and O–H groups in total. The van der Waals surface area contributed by atoms with E-state index in [1.165, 1.54) is 18.2 Å². The van der Waals surface area contributed by atoms with Gasteiger partial charge in [-0.05, 0) is 45.4 Å². The topological polar surface area (TPSA) is 111 Å². The molecule has 0 bridgehead atoms. The zero-order valence-electron chi connectivity index (χ0n) is 13.3. The third kappa shape index (κ3) is 7.54. The molecule has 0 unspecified atom stereocenters. The van der Waals surface area contributed by atoms with Crippen molar-refractivity contribution in [1.82, 2.24) is 5.32 Å². The van der Waals surface area contributed by atoms with E-state index in [1.54, 1.807) is 20.8 Å². The van der Waals surface area contributed by atoms with Gasteiger partial charge in [0.25, 0.3) is 0 Å². The fraction of sp³-hybridized carbons (Fsp3) is 0.500. The number of nitrogens with one attached hydrogen (secondary N) is 2. The summed E-state index contributed by atoms with van der Waals surface area (Å²) in [6.07, 6.45) is 0.126. The molecular formula is C14H22ClN3O4S. The standard InChI is InChI=1S/C14H22ClN3O4S/c1-14(2,3)22-13(19)18-8-4-7-17-12-9-10(23(16,20)21)5-6-11(12)15/h5-6,9,17H,4,7-8H2,1-3H3,(H,18,19)(H2,16,20,21). The highest BCUT2D eigenvalue weighted by Crippen LogP contribution is 2.24. The first-order chi connectivity index (χ1) is 10.5. The Morgan fingerprint density at radius 2 is 1.96 bits per heavy atom. The number of primary sulfonamides is 1. The summed E-state index contributed by atoms with van der Waals surface area (Å²) in [6, 6.07) is 4.18. The molecule has 0 atom stereocenters. The van der Waals surface area contributed by atoms with E-state index in [9.17, 15) is 13.2 Å². The second kappa shape index (κ2) is 7.85. The van der Waals surface area contributed by atoms with Crippen LogP contribution in [-0.2, 0) is 14.8 Å². The van der Waals surface area contributed by atoms with Gasteiger partial charge in [-0.1, -0.05) is 11.6 Å². The van der Waals surface area contributed by atoms with Gasteiger partial charge in [0.15, 0.2) is 0 Å². The predicted molar refractivity (Wildman–Crippen MR) is 90.2 cm³/mol. The second-order valence-corrected chi connectivity index (χ2v) is 7.86. The summed E-state index contributed by atoms with van der Waals surface area (Å²) < 4.78 is 27.7. The minimum absolute atomic E-state index is 0.0173. The van der Waals surface area contributed by atoms with Crippen molar-refractivity contribution in [2.24, 2.45) is 5.14 Å². The van der Waals surface area contributed by atoms with E-state index in [2.05, 4.69) is 10.6 Å².